The summed E-state index contributed by atoms with van der Waals surface area (Å²) in [6.07, 6.45) is 6.84. The summed E-state index contributed by atoms with van der Waals surface area (Å²) >= 11 is 3.24. The lowest BCUT2D eigenvalue weighted by atomic mass is 9.95. The number of benzene rings is 1. The summed E-state index contributed by atoms with van der Waals surface area (Å²) in [5.41, 5.74) is 0.980. The molecule has 1 saturated carbocycles. The molecule has 7 nitrogen and oxygen atoms in total. The molecule has 1 fully saturated rings. The van der Waals surface area contributed by atoms with Crippen LogP contribution >= 0.6 is 23.1 Å². The van der Waals surface area contributed by atoms with Crippen molar-refractivity contribution < 1.29 is 14.3 Å². The van der Waals surface area contributed by atoms with E-state index in [4.69, 9.17) is 9.47 Å². The van der Waals surface area contributed by atoms with Gasteiger partial charge in [-0.3, -0.25) is 4.79 Å². The van der Waals surface area contributed by atoms with Crippen LogP contribution in [0.3, 0.4) is 0 Å². The highest BCUT2D eigenvalue weighted by Crippen LogP contribution is 2.35. The van der Waals surface area contributed by atoms with E-state index in [9.17, 15) is 4.79 Å². The molecule has 3 heterocycles. The summed E-state index contributed by atoms with van der Waals surface area (Å²) in [5.74, 6) is 2.45. The molecule has 0 spiro atoms. The van der Waals surface area contributed by atoms with Crippen LogP contribution in [0.25, 0.3) is 0 Å². The Labute approximate surface area is 201 Å². The molecule has 33 heavy (non-hydrogen) atoms. The second-order valence-electron chi connectivity index (χ2n) is 8.48. The number of hydrogen-bond acceptors (Lipinski definition) is 7. The largest absolute Gasteiger partial charge is 0.454 e. The van der Waals surface area contributed by atoms with Gasteiger partial charge in [0.2, 0.25) is 12.7 Å². The average Bonchev–Trinajstić information content (AvgIpc) is 3.59. The monoisotopic (exact) mass is 484 g/mol. The number of fused-ring (bicyclic) bond motifs is 1. The maximum absolute atomic E-state index is 12.9. The molecule has 0 bridgehead atoms. The minimum atomic E-state index is -0.278. The summed E-state index contributed by atoms with van der Waals surface area (Å²) < 4.78 is 13.1. The van der Waals surface area contributed by atoms with Crippen molar-refractivity contribution in [2.75, 3.05) is 6.79 Å². The molecule has 1 aliphatic carbocycles. The third-order valence-corrected chi connectivity index (χ3v) is 8.08. The molecule has 1 aliphatic heterocycles. The summed E-state index contributed by atoms with van der Waals surface area (Å²) in [5, 5.41) is 14.8. The van der Waals surface area contributed by atoms with Crippen molar-refractivity contribution in [1.29, 1.82) is 0 Å². The molecular formula is C24H28N4O3S2. The van der Waals surface area contributed by atoms with Crippen molar-refractivity contribution in [1.82, 2.24) is 20.1 Å². The summed E-state index contributed by atoms with van der Waals surface area (Å²) in [6.45, 7) is 2.62. The Morgan fingerprint density at radius 1 is 1.21 bits per heavy atom. The van der Waals surface area contributed by atoms with Gasteiger partial charge in [0.15, 0.2) is 16.7 Å². The van der Waals surface area contributed by atoms with Gasteiger partial charge in [-0.1, -0.05) is 43.2 Å². The molecule has 1 atom stereocenters. The Morgan fingerprint density at radius 3 is 2.88 bits per heavy atom. The molecule has 1 N–H and O–H groups in total. The van der Waals surface area contributed by atoms with Crippen molar-refractivity contribution in [3.8, 4) is 11.5 Å². The van der Waals surface area contributed by atoms with Crippen LogP contribution in [0.5, 0.6) is 11.5 Å². The molecule has 9 heteroatoms. The summed E-state index contributed by atoms with van der Waals surface area (Å²) in [7, 11) is 0. The number of carbonyl (C=O) groups is 1. The first-order valence-corrected chi connectivity index (χ1v) is 13.2. The Bertz CT molecular complexity index is 1090. The first-order valence-electron chi connectivity index (χ1n) is 11.5. The fourth-order valence-corrected chi connectivity index (χ4v) is 6.04. The zero-order valence-corrected chi connectivity index (χ0v) is 20.3. The van der Waals surface area contributed by atoms with Gasteiger partial charge in [-0.05, 0) is 48.9 Å². The number of thiophene rings is 1. The van der Waals surface area contributed by atoms with Crippen LogP contribution in [0.15, 0.2) is 40.9 Å². The van der Waals surface area contributed by atoms with Crippen molar-refractivity contribution in [2.45, 2.75) is 68.4 Å². The van der Waals surface area contributed by atoms with Crippen LogP contribution < -0.4 is 14.8 Å². The average molecular weight is 485 g/mol. The molecule has 0 radical (unpaired) electrons. The third kappa shape index (κ3) is 5.19. The topological polar surface area (TPSA) is 78.3 Å². The second kappa shape index (κ2) is 10.2. The molecule has 1 unspecified atom stereocenters. The lowest BCUT2D eigenvalue weighted by molar-refractivity contribution is -0.120. The highest BCUT2D eigenvalue weighted by atomic mass is 32.2. The molecule has 0 saturated heterocycles. The third-order valence-electron chi connectivity index (χ3n) is 6.14. The second-order valence-corrected chi connectivity index (χ2v) is 10.8. The first-order chi connectivity index (χ1) is 16.2. The minimum Gasteiger partial charge on any atom is -0.454 e. The maximum Gasteiger partial charge on any atom is 0.233 e. The molecule has 2 aromatic heterocycles. The number of aromatic nitrogens is 3. The van der Waals surface area contributed by atoms with Crippen LogP contribution in [-0.4, -0.2) is 32.7 Å². The Hall–Kier alpha value is -2.52. The zero-order valence-electron chi connectivity index (χ0n) is 18.7. The van der Waals surface area contributed by atoms with E-state index in [0.29, 0.717) is 12.6 Å². The van der Waals surface area contributed by atoms with Gasteiger partial charge >= 0.3 is 0 Å². The molecule has 5 rings (SSSR count). The van der Waals surface area contributed by atoms with E-state index >= 15 is 0 Å². The predicted molar refractivity (Wildman–Crippen MR) is 129 cm³/mol. The fraction of sp³-hybridized carbons (Fsp3) is 0.458. The summed E-state index contributed by atoms with van der Waals surface area (Å²) in [4.78, 5) is 14.1. The van der Waals surface area contributed by atoms with Crippen molar-refractivity contribution in [2.24, 2.45) is 0 Å². The molecular weight excluding hydrogens is 456 g/mol. The number of carbonyl (C=O) groups excluding carboxylic acids is 1. The van der Waals surface area contributed by atoms with Crippen LogP contribution in [-0.2, 0) is 17.8 Å². The molecule has 2 aliphatic rings. The Balaban J connectivity index is 1.26. The first kappa shape index (κ1) is 22.3. The number of hydrogen-bond donors (Lipinski definition) is 1. The zero-order chi connectivity index (χ0) is 22.6. The van der Waals surface area contributed by atoms with Crippen LogP contribution in [0.1, 0.15) is 61.3 Å². The van der Waals surface area contributed by atoms with Crippen LogP contribution in [0, 0.1) is 0 Å². The van der Waals surface area contributed by atoms with Gasteiger partial charge in [-0.25, -0.2) is 0 Å². The van der Waals surface area contributed by atoms with E-state index in [-0.39, 0.29) is 18.0 Å². The van der Waals surface area contributed by atoms with E-state index in [2.05, 4.69) is 37.6 Å². The number of nitrogens with one attached hydrogen (secondary N) is 1. The van der Waals surface area contributed by atoms with Crippen molar-refractivity contribution >= 4 is 29.0 Å². The van der Waals surface area contributed by atoms with Gasteiger partial charge in [0.25, 0.3) is 0 Å². The van der Waals surface area contributed by atoms with E-state index in [0.717, 1.165) is 47.3 Å². The van der Waals surface area contributed by atoms with Gasteiger partial charge in [0.05, 0.1) is 5.25 Å². The number of amides is 1. The highest BCUT2D eigenvalue weighted by molar-refractivity contribution is 8.00. The normalized spacial score (nSPS) is 16.6. The Kier molecular flexibility index (Phi) is 6.87. The highest BCUT2D eigenvalue weighted by Gasteiger charge is 2.26. The van der Waals surface area contributed by atoms with Crippen molar-refractivity contribution in [3.63, 3.8) is 0 Å². The number of thioether (sulfide) groups is 1. The number of ether oxygens (including phenoxy) is 2. The van der Waals surface area contributed by atoms with E-state index < -0.39 is 0 Å². The molecule has 3 aromatic rings. The van der Waals surface area contributed by atoms with E-state index in [1.165, 1.54) is 35.9 Å². The minimum absolute atomic E-state index is 0.0179. The predicted octanol–water partition coefficient (Wildman–Crippen LogP) is 4.96. The van der Waals surface area contributed by atoms with Gasteiger partial charge in [0, 0.05) is 23.9 Å². The van der Waals surface area contributed by atoms with Gasteiger partial charge in [-0.15, -0.1) is 21.5 Å². The Morgan fingerprint density at radius 2 is 2.06 bits per heavy atom. The van der Waals surface area contributed by atoms with Gasteiger partial charge < -0.3 is 19.4 Å². The lowest BCUT2D eigenvalue weighted by Crippen LogP contribution is -2.30. The van der Waals surface area contributed by atoms with Crippen LogP contribution in [0.4, 0.5) is 0 Å². The van der Waals surface area contributed by atoms with E-state index in [1.54, 1.807) is 11.3 Å². The molecule has 1 amide bonds. The number of rotatable bonds is 8. The smallest absolute Gasteiger partial charge is 0.233 e. The maximum atomic E-state index is 12.9. The van der Waals surface area contributed by atoms with Crippen molar-refractivity contribution in [3.05, 3.63) is 52.0 Å². The van der Waals surface area contributed by atoms with Crippen LogP contribution in [0.2, 0.25) is 0 Å². The SMILES string of the molecule is CC(Sc1nnc(Cc2cccs2)n1C1CCCCC1)C(=O)NCc1ccc2c(c1)OCO2. The quantitative estimate of drug-likeness (QED) is 0.455. The van der Waals surface area contributed by atoms with E-state index in [1.807, 2.05) is 25.1 Å². The summed E-state index contributed by atoms with van der Waals surface area (Å²) in [6, 6.07) is 10.4. The van der Waals surface area contributed by atoms with Gasteiger partial charge in [0.1, 0.15) is 5.82 Å². The fourth-order valence-electron chi connectivity index (χ4n) is 4.38. The van der Waals surface area contributed by atoms with Gasteiger partial charge in [-0.2, -0.15) is 0 Å². The molecule has 174 valence electrons. The lowest BCUT2D eigenvalue weighted by Gasteiger charge is -2.26. The number of nitrogens with zero attached hydrogens (tertiary/aromatic N) is 3. The standard InChI is InChI=1S/C24H28N4O3S2/c1-16(23(29)25-14-17-9-10-20-21(12-17)31-15-30-20)33-24-27-26-22(13-19-8-5-11-32-19)28(24)18-6-3-2-4-7-18/h5,8-12,16,18H,2-4,6-7,13-15H2,1H3,(H,25,29). The molecule has 1 aromatic carbocycles.